The number of carbonyl (C=O) groups excluding carboxylic acids is 1. The number of hydrogen-bond donors (Lipinski definition) is 1. The van der Waals surface area contributed by atoms with Crippen molar-refractivity contribution in [3.8, 4) is 11.5 Å². The van der Waals surface area contributed by atoms with Crippen LogP contribution in [0.1, 0.15) is 19.8 Å². The summed E-state index contributed by atoms with van der Waals surface area (Å²) in [6, 6.07) is 12.0. The van der Waals surface area contributed by atoms with Crippen LogP contribution >= 0.6 is 23.2 Å². The Morgan fingerprint density at radius 1 is 1.26 bits per heavy atom. The van der Waals surface area contributed by atoms with Crippen LogP contribution in [-0.4, -0.2) is 31.3 Å². The number of anilines is 1. The molecule has 1 aliphatic rings. The molecule has 0 bridgehead atoms. The molecule has 3 rings (SSSR count). The average Bonchev–Trinajstić information content (AvgIpc) is 3.17. The van der Waals surface area contributed by atoms with Gasteiger partial charge in [0.05, 0.1) is 11.1 Å². The van der Waals surface area contributed by atoms with E-state index in [1.54, 1.807) is 37.3 Å². The number of amides is 1. The predicted octanol–water partition coefficient (Wildman–Crippen LogP) is 4.96. The van der Waals surface area contributed by atoms with E-state index >= 15 is 0 Å². The first-order valence-electron chi connectivity index (χ1n) is 8.78. The first-order chi connectivity index (χ1) is 13.0. The lowest BCUT2D eigenvalue weighted by atomic mass is 10.2. The Kier molecular flexibility index (Phi) is 6.83. The van der Waals surface area contributed by atoms with Crippen molar-refractivity contribution in [1.29, 1.82) is 0 Å². The molecule has 0 unspecified atom stereocenters. The third-order valence-corrected chi connectivity index (χ3v) is 4.68. The molecule has 2 aromatic rings. The summed E-state index contributed by atoms with van der Waals surface area (Å²) in [5.41, 5.74) is 0.655. The van der Waals surface area contributed by atoms with Crippen LogP contribution < -0.4 is 14.8 Å². The van der Waals surface area contributed by atoms with Crippen molar-refractivity contribution in [2.24, 2.45) is 0 Å². The van der Waals surface area contributed by atoms with Gasteiger partial charge in [-0.05, 0) is 62.2 Å². The number of benzene rings is 2. The van der Waals surface area contributed by atoms with Gasteiger partial charge in [0, 0.05) is 17.3 Å². The van der Waals surface area contributed by atoms with Crippen molar-refractivity contribution in [3.63, 3.8) is 0 Å². The van der Waals surface area contributed by atoms with Crippen LogP contribution in [0.4, 0.5) is 5.69 Å². The minimum atomic E-state index is -0.723. The zero-order valence-electron chi connectivity index (χ0n) is 14.9. The summed E-state index contributed by atoms with van der Waals surface area (Å²) >= 11 is 11.9. The highest BCUT2D eigenvalue weighted by Crippen LogP contribution is 2.28. The molecule has 144 valence electrons. The van der Waals surface area contributed by atoms with Crippen LogP contribution in [0.25, 0.3) is 0 Å². The molecule has 27 heavy (non-hydrogen) atoms. The van der Waals surface area contributed by atoms with Crippen LogP contribution in [0.3, 0.4) is 0 Å². The van der Waals surface area contributed by atoms with E-state index in [-0.39, 0.29) is 12.0 Å². The fraction of sp³-hybridized carbons (Fsp3) is 0.350. The van der Waals surface area contributed by atoms with Crippen LogP contribution in [0, 0.1) is 0 Å². The standard InChI is InChI=1S/C20H21Cl2NO4/c1-13(27-19-9-4-14(21)11-18(19)22)20(24)23-15-5-7-16(8-6-15)26-12-17-3-2-10-25-17/h4-9,11,13,17H,2-3,10,12H2,1H3,(H,23,24)/t13-,17-/m0/s1. The van der Waals surface area contributed by atoms with E-state index in [0.29, 0.717) is 28.1 Å². The first kappa shape index (κ1) is 19.8. The Morgan fingerprint density at radius 2 is 2.04 bits per heavy atom. The average molecular weight is 410 g/mol. The maximum absolute atomic E-state index is 12.3. The summed E-state index contributed by atoms with van der Waals surface area (Å²) < 4.78 is 16.9. The molecule has 0 aromatic heterocycles. The van der Waals surface area contributed by atoms with E-state index in [9.17, 15) is 4.79 Å². The third kappa shape index (κ3) is 5.76. The molecule has 1 aliphatic heterocycles. The topological polar surface area (TPSA) is 56.8 Å². The number of ether oxygens (including phenoxy) is 3. The lowest BCUT2D eigenvalue weighted by Crippen LogP contribution is -2.30. The maximum atomic E-state index is 12.3. The molecule has 1 fully saturated rings. The minimum Gasteiger partial charge on any atom is -0.491 e. The van der Waals surface area contributed by atoms with E-state index in [2.05, 4.69) is 5.32 Å². The van der Waals surface area contributed by atoms with Crippen molar-refractivity contribution in [3.05, 3.63) is 52.5 Å². The molecule has 0 aliphatic carbocycles. The monoisotopic (exact) mass is 409 g/mol. The van der Waals surface area contributed by atoms with E-state index in [1.807, 2.05) is 12.1 Å². The molecule has 0 spiro atoms. The van der Waals surface area contributed by atoms with Crippen molar-refractivity contribution in [2.45, 2.75) is 32.0 Å². The second-order valence-electron chi connectivity index (χ2n) is 6.29. The van der Waals surface area contributed by atoms with Gasteiger partial charge in [-0.25, -0.2) is 0 Å². The van der Waals surface area contributed by atoms with Gasteiger partial charge in [0.1, 0.15) is 18.1 Å². The van der Waals surface area contributed by atoms with Gasteiger partial charge in [-0.3, -0.25) is 4.79 Å². The largest absolute Gasteiger partial charge is 0.491 e. The SMILES string of the molecule is C[C@H](Oc1ccc(Cl)cc1Cl)C(=O)Nc1ccc(OC[C@@H]2CCCO2)cc1. The summed E-state index contributed by atoms with van der Waals surface area (Å²) in [6.45, 7) is 3.00. The zero-order valence-corrected chi connectivity index (χ0v) is 16.4. The molecule has 2 atom stereocenters. The second-order valence-corrected chi connectivity index (χ2v) is 7.14. The highest BCUT2D eigenvalue weighted by Gasteiger charge is 2.17. The predicted molar refractivity (Wildman–Crippen MR) is 106 cm³/mol. The fourth-order valence-electron chi connectivity index (χ4n) is 2.66. The number of rotatable bonds is 7. The van der Waals surface area contributed by atoms with Crippen molar-refractivity contribution in [1.82, 2.24) is 0 Å². The Labute approximate surface area is 168 Å². The summed E-state index contributed by atoms with van der Waals surface area (Å²) in [5, 5.41) is 3.67. The molecular formula is C20H21Cl2NO4. The van der Waals surface area contributed by atoms with Gasteiger partial charge in [-0.2, -0.15) is 0 Å². The molecule has 5 nitrogen and oxygen atoms in total. The van der Waals surface area contributed by atoms with E-state index in [4.69, 9.17) is 37.4 Å². The van der Waals surface area contributed by atoms with Crippen molar-refractivity contribution < 1.29 is 19.0 Å². The normalized spacial score (nSPS) is 17.4. The molecule has 0 saturated carbocycles. The number of carbonyl (C=O) groups is 1. The van der Waals surface area contributed by atoms with Crippen LogP contribution in [-0.2, 0) is 9.53 Å². The Hall–Kier alpha value is -1.95. The van der Waals surface area contributed by atoms with E-state index < -0.39 is 6.10 Å². The van der Waals surface area contributed by atoms with Gasteiger partial charge in [0.25, 0.3) is 5.91 Å². The van der Waals surface area contributed by atoms with E-state index in [1.165, 1.54) is 0 Å². The summed E-state index contributed by atoms with van der Waals surface area (Å²) in [5.74, 6) is 0.858. The zero-order chi connectivity index (χ0) is 19.2. The van der Waals surface area contributed by atoms with Gasteiger partial charge in [0.15, 0.2) is 6.10 Å². The van der Waals surface area contributed by atoms with Gasteiger partial charge in [-0.1, -0.05) is 23.2 Å². The third-order valence-electron chi connectivity index (χ3n) is 4.15. The molecular weight excluding hydrogens is 389 g/mol. The van der Waals surface area contributed by atoms with Gasteiger partial charge < -0.3 is 19.5 Å². The highest BCUT2D eigenvalue weighted by atomic mass is 35.5. The number of hydrogen-bond acceptors (Lipinski definition) is 4. The fourth-order valence-corrected chi connectivity index (χ4v) is 3.11. The number of nitrogens with one attached hydrogen (secondary N) is 1. The van der Waals surface area contributed by atoms with Gasteiger partial charge >= 0.3 is 0 Å². The van der Waals surface area contributed by atoms with E-state index in [0.717, 1.165) is 25.2 Å². The maximum Gasteiger partial charge on any atom is 0.265 e. The van der Waals surface area contributed by atoms with Crippen LogP contribution in [0.15, 0.2) is 42.5 Å². The summed E-state index contributed by atoms with van der Waals surface area (Å²) in [4.78, 5) is 12.3. The smallest absolute Gasteiger partial charge is 0.265 e. The van der Waals surface area contributed by atoms with Crippen LogP contribution in [0.2, 0.25) is 10.0 Å². The quantitative estimate of drug-likeness (QED) is 0.701. The van der Waals surface area contributed by atoms with Crippen molar-refractivity contribution >= 4 is 34.8 Å². The van der Waals surface area contributed by atoms with Gasteiger partial charge in [-0.15, -0.1) is 0 Å². The summed E-state index contributed by atoms with van der Waals surface area (Å²) in [7, 11) is 0. The molecule has 1 amide bonds. The molecule has 1 saturated heterocycles. The lowest BCUT2D eigenvalue weighted by molar-refractivity contribution is -0.122. The molecule has 1 N–H and O–H groups in total. The summed E-state index contributed by atoms with van der Waals surface area (Å²) in [6.07, 6.45) is 1.56. The molecule has 2 aromatic carbocycles. The molecule has 0 radical (unpaired) electrons. The highest BCUT2D eigenvalue weighted by molar-refractivity contribution is 6.35. The lowest BCUT2D eigenvalue weighted by Gasteiger charge is -2.16. The molecule has 1 heterocycles. The first-order valence-corrected chi connectivity index (χ1v) is 9.54. The number of halogens is 2. The Balaban J connectivity index is 1.50. The Morgan fingerprint density at radius 3 is 2.70 bits per heavy atom. The van der Waals surface area contributed by atoms with Crippen molar-refractivity contribution in [2.75, 3.05) is 18.5 Å². The molecule has 7 heteroatoms. The van der Waals surface area contributed by atoms with Gasteiger partial charge in [0.2, 0.25) is 0 Å². The van der Waals surface area contributed by atoms with Crippen LogP contribution in [0.5, 0.6) is 11.5 Å². The second kappa shape index (κ2) is 9.31. The Bertz CT molecular complexity index is 776. The minimum absolute atomic E-state index is 0.169.